The highest BCUT2D eigenvalue weighted by molar-refractivity contribution is 7.99. The fraction of sp³-hybridized carbons (Fsp3) is 0.211. The Morgan fingerprint density at radius 2 is 1.85 bits per heavy atom. The van der Waals surface area contributed by atoms with Crippen LogP contribution in [0.5, 0.6) is 5.75 Å². The molecular weight excluding hydrogens is 352 g/mol. The molecule has 1 aromatic heterocycles. The van der Waals surface area contributed by atoms with Gasteiger partial charge in [0.1, 0.15) is 5.75 Å². The van der Waals surface area contributed by atoms with Crippen molar-refractivity contribution in [1.82, 2.24) is 9.55 Å². The lowest BCUT2D eigenvalue weighted by Crippen LogP contribution is -2.24. The molecule has 26 heavy (non-hydrogen) atoms. The highest BCUT2D eigenvalue weighted by atomic mass is 32.2. The Morgan fingerprint density at radius 3 is 2.62 bits per heavy atom. The maximum absolute atomic E-state index is 12.7. The van der Waals surface area contributed by atoms with Crippen LogP contribution in [-0.4, -0.2) is 33.0 Å². The molecule has 0 radical (unpaired) electrons. The van der Waals surface area contributed by atoms with Crippen molar-refractivity contribution in [3.63, 3.8) is 0 Å². The molecule has 0 aliphatic carbocycles. The molecule has 0 saturated heterocycles. The highest BCUT2D eigenvalue weighted by Crippen LogP contribution is 2.18. The smallest absolute Gasteiger partial charge is 0.305 e. The first-order valence-electron chi connectivity index (χ1n) is 8.17. The van der Waals surface area contributed by atoms with Gasteiger partial charge in [-0.25, -0.2) is 4.98 Å². The minimum absolute atomic E-state index is 0.0911. The third-order valence-electron chi connectivity index (χ3n) is 3.70. The molecule has 0 atom stereocenters. The van der Waals surface area contributed by atoms with Gasteiger partial charge in [0.25, 0.3) is 5.56 Å². The molecule has 0 fully saturated rings. The lowest BCUT2D eigenvalue weighted by atomic mass is 10.2. The number of hydrogen-bond acceptors (Lipinski definition) is 5. The molecule has 134 valence electrons. The van der Waals surface area contributed by atoms with Crippen molar-refractivity contribution in [2.75, 3.05) is 12.4 Å². The number of carboxylic acids is 1. The molecule has 0 aliphatic rings. The molecule has 0 unspecified atom stereocenters. The second-order valence-electron chi connectivity index (χ2n) is 5.52. The quantitative estimate of drug-likeness (QED) is 0.373. The van der Waals surface area contributed by atoms with Crippen LogP contribution in [0.25, 0.3) is 10.9 Å². The van der Waals surface area contributed by atoms with Gasteiger partial charge in [0.2, 0.25) is 0 Å². The summed E-state index contributed by atoms with van der Waals surface area (Å²) < 4.78 is 7.09. The van der Waals surface area contributed by atoms with Crippen molar-refractivity contribution in [2.24, 2.45) is 0 Å². The summed E-state index contributed by atoms with van der Waals surface area (Å²) >= 11 is 1.38. The fourth-order valence-corrected chi connectivity index (χ4v) is 3.31. The fourth-order valence-electron chi connectivity index (χ4n) is 2.47. The number of hydrogen-bond donors (Lipinski definition) is 1. The summed E-state index contributed by atoms with van der Waals surface area (Å²) in [6, 6.07) is 16.5. The van der Waals surface area contributed by atoms with Crippen LogP contribution in [0, 0.1) is 0 Å². The number of aliphatic carboxylic acids is 1. The highest BCUT2D eigenvalue weighted by Gasteiger charge is 2.12. The van der Waals surface area contributed by atoms with E-state index in [0.717, 1.165) is 5.75 Å². The van der Waals surface area contributed by atoms with E-state index < -0.39 is 5.97 Å². The van der Waals surface area contributed by atoms with Crippen LogP contribution >= 0.6 is 11.8 Å². The molecule has 7 heteroatoms. The zero-order valence-corrected chi connectivity index (χ0v) is 14.8. The second-order valence-corrected chi connectivity index (χ2v) is 6.58. The van der Waals surface area contributed by atoms with Gasteiger partial charge in [-0.05, 0) is 24.3 Å². The van der Waals surface area contributed by atoms with E-state index in [9.17, 15) is 9.59 Å². The molecule has 1 N–H and O–H groups in total. The largest absolute Gasteiger partial charge is 0.493 e. The topological polar surface area (TPSA) is 81.4 Å². The molecule has 1 heterocycles. The minimum Gasteiger partial charge on any atom is -0.493 e. The monoisotopic (exact) mass is 370 g/mol. The number of aromatic nitrogens is 2. The summed E-state index contributed by atoms with van der Waals surface area (Å²) in [6.45, 7) is 0.546. The van der Waals surface area contributed by atoms with Crippen LogP contribution < -0.4 is 10.3 Å². The van der Waals surface area contributed by atoms with E-state index >= 15 is 0 Å². The lowest BCUT2D eigenvalue weighted by molar-refractivity contribution is -0.137. The van der Waals surface area contributed by atoms with Gasteiger partial charge in [0, 0.05) is 12.3 Å². The zero-order valence-electron chi connectivity index (χ0n) is 14.0. The van der Waals surface area contributed by atoms with E-state index in [2.05, 4.69) is 4.98 Å². The van der Waals surface area contributed by atoms with E-state index in [-0.39, 0.29) is 18.5 Å². The summed E-state index contributed by atoms with van der Waals surface area (Å²) in [5, 5.41) is 9.94. The minimum atomic E-state index is -0.951. The van der Waals surface area contributed by atoms with E-state index in [1.807, 2.05) is 36.4 Å². The number of benzene rings is 2. The first-order chi connectivity index (χ1) is 12.6. The van der Waals surface area contributed by atoms with Gasteiger partial charge in [0.05, 0.1) is 23.9 Å². The van der Waals surface area contributed by atoms with Gasteiger partial charge < -0.3 is 9.84 Å². The standard InChI is InChI=1S/C19H18N2O4S/c22-17(23)10-11-21-18(24)15-8-4-5-9-16(15)20-19(21)26-13-12-25-14-6-2-1-3-7-14/h1-9H,10-13H2,(H,22,23). The van der Waals surface area contributed by atoms with E-state index in [0.29, 0.717) is 28.4 Å². The summed E-state index contributed by atoms with van der Waals surface area (Å²) in [6.07, 6.45) is -0.131. The average molecular weight is 370 g/mol. The summed E-state index contributed by atoms with van der Waals surface area (Å²) in [5.41, 5.74) is 0.388. The van der Waals surface area contributed by atoms with E-state index in [1.54, 1.807) is 18.2 Å². The van der Waals surface area contributed by atoms with Gasteiger partial charge >= 0.3 is 5.97 Å². The number of rotatable bonds is 8. The van der Waals surface area contributed by atoms with Crippen LogP contribution in [-0.2, 0) is 11.3 Å². The molecule has 3 aromatic rings. The van der Waals surface area contributed by atoms with Crippen LogP contribution in [0.1, 0.15) is 6.42 Å². The van der Waals surface area contributed by atoms with Crippen LogP contribution in [0.3, 0.4) is 0 Å². The third kappa shape index (κ3) is 4.43. The second kappa shape index (κ2) is 8.53. The van der Waals surface area contributed by atoms with Crippen molar-refractivity contribution in [3.05, 3.63) is 65.0 Å². The Labute approximate surface area is 154 Å². The number of carboxylic acid groups (broad SMARTS) is 1. The van der Waals surface area contributed by atoms with Gasteiger partial charge in [-0.3, -0.25) is 14.2 Å². The van der Waals surface area contributed by atoms with Crippen molar-refractivity contribution < 1.29 is 14.6 Å². The van der Waals surface area contributed by atoms with E-state index in [1.165, 1.54) is 16.3 Å². The zero-order chi connectivity index (χ0) is 18.4. The first kappa shape index (κ1) is 18.0. The molecule has 0 bridgehead atoms. The summed E-state index contributed by atoms with van der Waals surface area (Å²) in [4.78, 5) is 28.2. The Bertz CT molecular complexity index is 957. The van der Waals surface area contributed by atoms with Crippen molar-refractivity contribution in [2.45, 2.75) is 18.1 Å². The molecule has 6 nitrogen and oxygen atoms in total. The van der Waals surface area contributed by atoms with Crippen LogP contribution in [0.4, 0.5) is 0 Å². The molecular formula is C19H18N2O4S. The maximum atomic E-state index is 12.7. The molecule has 3 rings (SSSR count). The predicted octanol–water partition coefficient (Wildman–Crippen LogP) is 3.04. The SMILES string of the molecule is O=C(O)CCn1c(SCCOc2ccccc2)nc2ccccc2c1=O. The summed E-state index contributed by atoms with van der Waals surface area (Å²) in [5.74, 6) is 0.420. The molecule has 0 amide bonds. The van der Waals surface area contributed by atoms with Gasteiger partial charge in [0.15, 0.2) is 5.16 Å². The van der Waals surface area contributed by atoms with E-state index in [4.69, 9.17) is 9.84 Å². The molecule has 2 aromatic carbocycles. The Kier molecular flexibility index (Phi) is 5.91. The first-order valence-corrected chi connectivity index (χ1v) is 9.16. The number of nitrogens with zero attached hydrogens (tertiary/aromatic N) is 2. The number of fused-ring (bicyclic) bond motifs is 1. The molecule has 0 saturated carbocycles. The normalized spacial score (nSPS) is 10.8. The van der Waals surface area contributed by atoms with Gasteiger partial charge in [-0.1, -0.05) is 42.1 Å². The Balaban J connectivity index is 1.77. The number of carbonyl (C=O) groups is 1. The number of ether oxygens (including phenoxy) is 1. The number of thioether (sulfide) groups is 1. The van der Waals surface area contributed by atoms with Crippen molar-refractivity contribution in [1.29, 1.82) is 0 Å². The third-order valence-corrected chi connectivity index (χ3v) is 4.64. The number of para-hydroxylation sites is 2. The average Bonchev–Trinajstić information content (AvgIpc) is 2.65. The molecule has 0 aliphatic heterocycles. The van der Waals surface area contributed by atoms with Gasteiger partial charge in [-0.2, -0.15) is 0 Å². The van der Waals surface area contributed by atoms with Crippen molar-refractivity contribution >= 4 is 28.6 Å². The Hall–Kier alpha value is -2.80. The Morgan fingerprint density at radius 1 is 1.12 bits per heavy atom. The van der Waals surface area contributed by atoms with Crippen LogP contribution in [0.15, 0.2) is 64.5 Å². The maximum Gasteiger partial charge on any atom is 0.305 e. The molecule has 0 spiro atoms. The lowest BCUT2D eigenvalue weighted by Gasteiger charge is -2.12. The van der Waals surface area contributed by atoms with Crippen molar-refractivity contribution in [3.8, 4) is 5.75 Å². The van der Waals surface area contributed by atoms with Gasteiger partial charge in [-0.15, -0.1) is 0 Å². The predicted molar refractivity (Wildman–Crippen MR) is 101 cm³/mol. The summed E-state index contributed by atoms with van der Waals surface area (Å²) in [7, 11) is 0. The van der Waals surface area contributed by atoms with Crippen LogP contribution in [0.2, 0.25) is 0 Å².